The van der Waals surface area contributed by atoms with Crippen molar-refractivity contribution in [2.75, 3.05) is 18.4 Å². The van der Waals surface area contributed by atoms with E-state index in [1.54, 1.807) is 0 Å². The molecule has 3 amide bonds. The van der Waals surface area contributed by atoms with Crippen molar-refractivity contribution in [3.05, 3.63) is 27.8 Å². The van der Waals surface area contributed by atoms with Gasteiger partial charge in [0.15, 0.2) is 0 Å². The van der Waals surface area contributed by atoms with Gasteiger partial charge in [-0.1, -0.05) is 13.8 Å². The van der Waals surface area contributed by atoms with Gasteiger partial charge in [0, 0.05) is 15.8 Å². The lowest BCUT2D eigenvalue weighted by Gasteiger charge is -2.09. The maximum Gasteiger partial charge on any atom is 0.321 e. The van der Waals surface area contributed by atoms with Gasteiger partial charge in [0.1, 0.15) is 0 Å². The van der Waals surface area contributed by atoms with E-state index in [-0.39, 0.29) is 12.5 Å². The zero-order valence-electron chi connectivity index (χ0n) is 11.7. The van der Waals surface area contributed by atoms with E-state index in [0.29, 0.717) is 12.5 Å². The molecule has 0 radical (unpaired) electrons. The summed E-state index contributed by atoms with van der Waals surface area (Å²) in [6, 6.07) is 7.22. The van der Waals surface area contributed by atoms with Crippen molar-refractivity contribution < 1.29 is 9.59 Å². The highest BCUT2D eigenvalue weighted by molar-refractivity contribution is 14.1. The van der Waals surface area contributed by atoms with Gasteiger partial charge in [-0.3, -0.25) is 10.1 Å². The first-order valence-corrected chi connectivity index (χ1v) is 7.62. The van der Waals surface area contributed by atoms with Crippen LogP contribution in [-0.2, 0) is 4.79 Å². The van der Waals surface area contributed by atoms with E-state index in [1.807, 2.05) is 24.3 Å². The molecule has 0 aromatic heterocycles. The van der Waals surface area contributed by atoms with Crippen molar-refractivity contribution in [1.29, 1.82) is 0 Å². The van der Waals surface area contributed by atoms with Crippen LogP contribution >= 0.6 is 22.6 Å². The Morgan fingerprint density at radius 3 is 2.45 bits per heavy atom. The van der Waals surface area contributed by atoms with Gasteiger partial charge in [-0.15, -0.1) is 0 Å². The summed E-state index contributed by atoms with van der Waals surface area (Å²) in [6.07, 6.45) is 0.891. The Labute approximate surface area is 133 Å². The zero-order chi connectivity index (χ0) is 15.0. The summed E-state index contributed by atoms with van der Waals surface area (Å²) in [5.74, 6) is 0.166. The molecule has 0 spiro atoms. The first-order chi connectivity index (χ1) is 9.47. The lowest BCUT2D eigenvalue weighted by Crippen LogP contribution is -2.42. The normalized spacial score (nSPS) is 10.2. The molecular weight excluding hydrogens is 369 g/mol. The smallest absolute Gasteiger partial charge is 0.321 e. The largest absolute Gasteiger partial charge is 0.376 e. The minimum atomic E-state index is -0.444. The minimum Gasteiger partial charge on any atom is -0.376 e. The molecule has 110 valence electrons. The number of anilines is 1. The molecular formula is C14H20IN3O2. The number of halogens is 1. The van der Waals surface area contributed by atoms with Crippen LogP contribution in [0.25, 0.3) is 0 Å². The maximum absolute atomic E-state index is 11.6. The molecule has 6 heteroatoms. The summed E-state index contributed by atoms with van der Waals surface area (Å²) in [5, 5.41) is 7.89. The van der Waals surface area contributed by atoms with Crippen molar-refractivity contribution in [1.82, 2.24) is 10.6 Å². The Hall–Kier alpha value is -1.31. The standard InChI is InChI=1S/C14H20IN3O2/c1-10(2)7-8-16-14(20)18-13(19)9-17-12-5-3-11(15)4-6-12/h3-6,10,17H,7-9H2,1-2H3,(H2,16,18,19,20). The Morgan fingerprint density at radius 2 is 1.85 bits per heavy atom. The number of hydrogen-bond donors (Lipinski definition) is 3. The lowest BCUT2D eigenvalue weighted by atomic mass is 10.1. The highest BCUT2D eigenvalue weighted by Crippen LogP contribution is 2.10. The average molecular weight is 389 g/mol. The third kappa shape index (κ3) is 7.32. The van der Waals surface area contributed by atoms with Crippen molar-refractivity contribution >= 4 is 40.2 Å². The van der Waals surface area contributed by atoms with Gasteiger partial charge in [0.05, 0.1) is 6.54 Å². The predicted octanol–water partition coefficient (Wildman–Crippen LogP) is 2.58. The molecule has 0 aliphatic rings. The number of amides is 3. The van der Waals surface area contributed by atoms with E-state index in [4.69, 9.17) is 0 Å². The van der Waals surface area contributed by atoms with Crippen LogP contribution in [-0.4, -0.2) is 25.0 Å². The van der Waals surface area contributed by atoms with Crippen LogP contribution < -0.4 is 16.0 Å². The zero-order valence-corrected chi connectivity index (χ0v) is 13.9. The number of imide groups is 1. The van der Waals surface area contributed by atoms with Crippen LogP contribution in [0.5, 0.6) is 0 Å². The minimum absolute atomic E-state index is 0.0677. The number of carbonyl (C=O) groups is 2. The summed E-state index contributed by atoms with van der Waals surface area (Å²) in [4.78, 5) is 23.0. The van der Waals surface area contributed by atoms with Gasteiger partial charge in [0.2, 0.25) is 5.91 Å². The molecule has 0 saturated heterocycles. The van der Waals surface area contributed by atoms with Crippen LogP contribution in [0.4, 0.5) is 10.5 Å². The summed E-state index contributed by atoms with van der Waals surface area (Å²) in [7, 11) is 0. The lowest BCUT2D eigenvalue weighted by molar-refractivity contribution is -0.118. The topological polar surface area (TPSA) is 70.2 Å². The van der Waals surface area contributed by atoms with Crippen molar-refractivity contribution in [3.63, 3.8) is 0 Å². The van der Waals surface area contributed by atoms with Gasteiger partial charge in [-0.2, -0.15) is 0 Å². The van der Waals surface area contributed by atoms with Crippen molar-refractivity contribution in [2.24, 2.45) is 5.92 Å². The van der Waals surface area contributed by atoms with Crippen molar-refractivity contribution in [2.45, 2.75) is 20.3 Å². The molecule has 0 saturated carbocycles. The van der Waals surface area contributed by atoms with Crippen LogP contribution in [0, 0.1) is 9.49 Å². The van der Waals surface area contributed by atoms with Gasteiger partial charge >= 0.3 is 6.03 Å². The molecule has 1 rings (SSSR count). The Bertz CT molecular complexity index is 446. The molecule has 0 unspecified atom stereocenters. The Morgan fingerprint density at radius 1 is 1.20 bits per heavy atom. The highest BCUT2D eigenvalue weighted by Gasteiger charge is 2.07. The quantitative estimate of drug-likeness (QED) is 0.655. The van der Waals surface area contributed by atoms with E-state index in [2.05, 4.69) is 52.4 Å². The summed E-state index contributed by atoms with van der Waals surface area (Å²) in [5.41, 5.74) is 0.848. The average Bonchev–Trinajstić information content (AvgIpc) is 2.37. The van der Waals surface area contributed by atoms with E-state index in [9.17, 15) is 9.59 Å². The number of hydrogen-bond acceptors (Lipinski definition) is 3. The van der Waals surface area contributed by atoms with E-state index < -0.39 is 6.03 Å². The number of urea groups is 1. The SMILES string of the molecule is CC(C)CCNC(=O)NC(=O)CNc1ccc(I)cc1. The fourth-order valence-corrected chi connectivity index (χ4v) is 1.80. The Kier molecular flexibility index (Phi) is 7.35. The molecule has 0 atom stereocenters. The van der Waals surface area contributed by atoms with Gasteiger partial charge < -0.3 is 10.6 Å². The van der Waals surface area contributed by atoms with Crippen LogP contribution in [0.1, 0.15) is 20.3 Å². The van der Waals surface area contributed by atoms with Gasteiger partial charge in [0.25, 0.3) is 0 Å². The molecule has 3 N–H and O–H groups in total. The molecule has 1 aromatic carbocycles. The fourth-order valence-electron chi connectivity index (χ4n) is 1.44. The van der Waals surface area contributed by atoms with Gasteiger partial charge in [-0.05, 0) is 59.2 Å². The second-order valence-electron chi connectivity index (χ2n) is 4.85. The first kappa shape index (κ1) is 16.7. The van der Waals surface area contributed by atoms with Gasteiger partial charge in [-0.25, -0.2) is 4.79 Å². The number of carbonyl (C=O) groups excluding carboxylic acids is 2. The molecule has 0 aliphatic heterocycles. The van der Waals surface area contributed by atoms with E-state index in [1.165, 1.54) is 0 Å². The molecule has 0 aliphatic carbocycles. The monoisotopic (exact) mass is 389 g/mol. The van der Waals surface area contributed by atoms with Crippen molar-refractivity contribution in [3.8, 4) is 0 Å². The van der Waals surface area contributed by atoms with E-state index >= 15 is 0 Å². The third-order valence-corrected chi connectivity index (χ3v) is 3.28. The summed E-state index contributed by atoms with van der Waals surface area (Å²) in [6.45, 7) is 4.80. The van der Waals surface area contributed by atoms with Crippen LogP contribution in [0.3, 0.4) is 0 Å². The third-order valence-electron chi connectivity index (χ3n) is 2.56. The second kappa shape index (κ2) is 8.78. The maximum atomic E-state index is 11.6. The van der Waals surface area contributed by atoms with E-state index in [0.717, 1.165) is 15.7 Å². The van der Waals surface area contributed by atoms with Crippen LogP contribution in [0.15, 0.2) is 24.3 Å². The molecule has 0 bridgehead atoms. The number of nitrogens with one attached hydrogen (secondary N) is 3. The first-order valence-electron chi connectivity index (χ1n) is 6.54. The molecule has 0 heterocycles. The summed E-state index contributed by atoms with van der Waals surface area (Å²) < 4.78 is 1.13. The molecule has 20 heavy (non-hydrogen) atoms. The summed E-state index contributed by atoms with van der Waals surface area (Å²) >= 11 is 2.21. The fraction of sp³-hybridized carbons (Fsp3) is 0.429. The number of benzene rings is 1. The highest BCUT2D eigenvalue weighted by atomic mass is 127. The predicted molar refractivity (Wildman–Crippen MR) is 88.6 cm³/mol. The number of rotatable bonds is 6. The molecule has 1 aromatic rings. The van der Waals surface area contributed by atoms with Crippen LogP contribution in [0.2, 0.25) is 0 Å². The molecule has 5 nitrogen and oxygen atoms in total. The second-order valence-corrected chi connectivity index (χ2v) is 6.09. The Balaban J connectivity index is 2.22. The molecule has 0 fully saturated rings.